The maximum atomic E-state index is 13.0. The lowest BCUT2D eigenvalue weighted by atomic mass is 9.98. The first-order chi connectivity index (χ1) is 34.6. The van der Waals surface area contributed by atoms with Gasteiger partial charge >= 0.3 is 5.97 Å². The average molecular weight is 1010 g/mol. The second-order valence-electron chi connectivity index (χ2n) is 18.7. The SMILES string of the molecule is CC/C=C\C/C=C\C/C=C\C/C=C\C/C=C\CCCCCCCC(=O)OC(COCCCCCCCC/C=C\C/C=C\CCCCC)COC1OC(COC2OC(CO)C(O)C(O)C2O)C(O)C(O)C1O. The normalized spacial score (nSPS) is 26.0. The standard InChI is InChI=1S/C57H96O14/c1-3-5-7-9-11-13-15-17-19-21-22-23-24-25-26-28-30-32-34-36-38-40-49(59)69-46(43-66-41-39-37-35-33-31-29-27-20-18-16-14-12-10-8-6-4-2)44-67-56-55(65)53(63)51(61)48(71-56)45-68-57-54(64)52(62)50(60)47(42-58)70-57/h5,7,11-14,17-20,22-23,25-26,46-48,50-58,60-65H,3-4,6,8-10,15-16,21,24,27-45H2,1-2H3/b7-5-,13-11-,14-12-,19-17-,20-18-,23-22-,26-25-. The zero-order valence-electron chi connectivity index (χ0n) is 43.4. The fourth-order valence-electron chi connectivity index (χ4n) is 7.99. The molecule has 0 aliphatic carbocycles. The summed E-state index contributed by atoms with van der Waals surface area (Å²) in [5, 5.41) is 72.2. The molecule has 2 aliphatic heterocycles. The van der Waals surface area contributed by atoms with Crippen LogP contribution in [-0.4, -0.2) is 142 Å². The van der Waals surface area contributed by atoms with E-state index in [9.17, 15) is 40.5 Å². The molecule has 0 aromatic rings. The third kappa shape index (κ3) is 30.8. The summed E-state index contributed by atoms with van der Waals surface area (Å²) in [6, 6.07) is 0. The molecule has 0 aromatic carbocycles. The van der Waals surface area contributed by atoms with Crippen LogP contribution in [0.2, 0.25) is 0 Å². The molecule has 2 aliphatic rings. The smallest absolute Gasteiger partial charge is 0.306 e. The monoisotopic (exact) mass is 1000 g/mol. The molecule has 0 radical (unpaired) electrons. The molecule has 14 heteroatoms. The van der Waals surface area contributed by atoms with Gasteiger partial charge in [0.2, 0.25) is 0 Å². The Labute approximate surface area is 427 Å². The first-order valence-electron chi connectivity index (χ1n) is 27.2. The Morgan fingerprint density at radius 1 is 0.479 bits per heavy atom. The van der Waals surface area contributed by atoms with Crippen molar-refractivity contribution in [1.82, 2.24) is 0 Å². The third-order valence-electron chi connectivity index (χ3n) is 12.4. The van der Waals surface area contributed by atoms with Crippen LogP contribution < -0.4 is 0 Å². The Morgan fingerprint density at radius 3 is 1.44 bits per heavy atom. The van der Waals surface area contributed by atoms with Crippen molar-refractivity contribution in [3.05, 3.63) is 85.1 Å². The van der Waals surface area contributed by atoms with Crippen molar-refractivity contribution in [2.75, 3.05) is 33.0 Å². The van der Waals surface area contributed by atoms with Gasteiger partial charge in [0.1, 0.15) is 54.9 Å². The average Bonchev–Trinajstić information content (AvgIpc) is 3.37. The van der Waals surface area contributed by atoms with Crippen LogP contribution in [0.4, 0.5) is 0 Å². The van der Waals surface area contributed by atoms with Crippen LogP contribution in [0.3, 0.4) is 0 Å². The van der Waals surface area contributed by atoms with Crippen molar-refractivity contribution < 1.29 is 69.0 Å². The van der Waals surface area contributed by atoms with Gasteiger partial charge in [-0.3, -0.25) is 4.79 Å². The van der Waals surface area contributed by atoms with Crippen molar-refractivity contribution in [3.8, 4) is 0 Å². The predicted molar refractivity (Wildman–Crippen MR) is 279 cm³/mol. The van der Waals surface area contributed by atoms with Gasteiger partial charge in [-0.2, -0.15) is 0 Å². The van der Waals surface area contributed by atoms with E-state index >= 15 is 0 Å². The Kier molecular flexibility index (Phi) is 39.4. The van der Waals surface area contributed by atoms with Gasteiger partial charge in [0.25, 0.3) is 0 Å². The van der Waals surface area contributed by atoms with Crippen molar-refractivity contribution in [3.63, 3.8) is 0 Å². The second kappa shape index (κ2) is 43.6. The molecule has 11 atom stereocenters. The summed E-state index contributed by atoms with van der Waals surface area (Å²) in [7, 11) is 0. The first kappa shape index (κ1) is 64.3. The lowest BCUT2D eigenvalue weighted by molar-refractivity contribution is -0.332. The molecule has 14 nitrogen and oxygen atoms in total. The molecule has 2 heterocycles. The number of aliphatic hydroxyl groups is 7. The zero-order chi connectivity index (χ0) is 51.6. The highest BCUT2D eigenvalue weighted by molar-refractivity contribution is 5.69. The van der Waals surface area contributed by atoms with Crippen molar-refractivity contribution in [2.45, 2.75) is 235 Å². The van der Waals surface area contributed by atoms with Gasteiger partial charge in [0.05, 0.1) is 26.4 Å². The number of rotatable bonds is 42. The topological polar surface area (TPSA) is 214 Å². The van der Waals surface area contributed by atoms with E-state index in [1.54, 1.807) is 0 Å². The van der Waals surface area contributed by atoms with Crippen molar-refractivity contribution in [1.29, 1.82) is 0 Å². The number of hydrogen-bond acceptors (Lipinski definition) is 14. The molecule has 2 saturated heterocycles. The number of hydrogen-bond donors (Lipinski definition) is 7. The second-order valence-corrected chi connectivity index (χ2v) is 18.7. The van der Waals surface area contributed by atoms with Gasteiger partial charge in [-0.1, -0.05) is 157 Å². The van der Waals surface area contributed by atoms with E-state index in [4.69, 9.17) is 28.4 Å². The number of carbonyl (C=O) groups is 1. The summed E-state index contributed by atoms with van der Waals surface area (Å²) in [5.41, 5.74) is 0. The van der Waals surface area contributed by atoms with Crippen LogP contribution in [0.5, 0.6) is 0 Å². The molecule has 0 saturated carbocycles. The fraction of sp³-hybridized carbons (Fsp3) is 0.737. The minimum atomic E-state index is -1.72. The number of aliphatic hydroxyl groups excluding tert-OH is 7. The molecule has 2 rings (SSSR count). The number of carbonyl (C=O) groups excluding carboxylic acids is 1. The molecule has 71 heavy (non-hydrogen) atoms. The summed E-state index contributed by atoms with van der Waals surface area (Å²) in [6.07, 6.45) is 39.2. The Hall–Kier alpha value is -2.83. The van der Waals surface area contributed by atoms with Gasteiger partial charge in [0.15, 0.2) is 12.6 Å². The summed E-state index contributed by atoms with van der Waals surface area (Å²) < 4.78 is 34.3. The van der Waals surface area contributed by atoms with E-state index in [2.05, 4.69) is 98.9 Å². The number of allylic oxidation sites excluding steroid dienone is 14. The van der Waals surface area contributed by atoms with Gasteiger partial charge in [-0.05, 0) is 89.9 Å². The van der Waals surface area contributed by atoms with Crippen molar-refractivity contribution in [2.24, 2.45) is 0 Å². The predicted octanol–water partition coefficient (Wildman–Crippen LogP) is 8.85. The largest absolute Gasteiger partial charge is 0.457 e. The fourth-order valence-corrected chi connectivity index (χ4v) is 7.99. The maximum Gasteiger partial charge on any atom is 0.306 e. The summed E-state index contributed by atoms with van der Waals surface area (Å²) in [5.74, 6) is -0.402. The van der Waals surface area contributed by atoms with E-state index in [-0.39, 0.29) is 19.6 Å². The lowest BCUT2D eigenvalue weighted by Crippen LogP contribution is -2.61. The highest BCUT2D eigenvalue weighted by Gasteiger charge is 2.47. The Balaban J connectivity index is 1.77. The quantitative estimate of drug-likeness (QED) is 0.0173. The van der Waals surface area contributed by atoms with E-state index in [0.717, 1.165) is 103 Å². The number of unbranched alkanes of at least 4 members (excludes halogenated alkanes) is 14. The van der Waals surface area contributed by atoms with E-state index in [1.807, 2.05) is 0 Å². The molecule has 11 unspecified atom stereocenters. The molecule has 0 bridgehead atoms. The van der Waals surface area contributed by atoms with Crippen LogP contribution in [0, 0.1) is 0 Å². The molecule has 7 N–H and O–H groups in total. The third-order valence-corrected chi connectivity index (χ3v) is 12.4. The highest BCUT2D eigenvalue weighted by atomic mass is 16.7. The van der Waals surface area contributed by atoms with Crippen LogP contribution in [0.1, 0.15) is 168 Å². The molecule has 0 amide bonds. The molecule has 408 valence electrons. The molecule has 0 aromatic heterocycles. The van der Waals surface area contributed by atoms with Crippen LogP contribution in [-0.2, 0) is 33.2 Å². The lowest BCUT2D eigenvalue weighted by Gasteiger charge is -2.42. The molecule has 0 spiro atoms. The summed E-state index contributed by atoms with van der Waals surface area (Å²) in [6.45, 7) is 3.48. The summed E-state index contributed by atoms with van der Waals surface area (Å²) in [4.78, 5) is 13.0. The molecule has 2 fully saturated rings. The Morgan fingerprint density at radius 2 is 0.915 bits per heavy atom. The molecular weight excluding hydrogens is 909 g/mol. The maximum absolute atomic E-state index is 13.0. The van der Waals surface area contributed by atoms with Gasteiger partial charge < -0.3 is 64.2 Å². The van der Waals surface area contributed by atoms with Gasteiger partial charge in [-0.15, -0.1) is 0 Å². The Bertz CT molecular complexity index is 1490. The minimum absolute atomic E-state index is 0.0411. The minimum Gasteiger partial charge on any atom is -0.457 e. The number of esters is 1. The summed E-state index contributed by atoms with van der Waals surface area (Å²) >= 11 is 0. The van der Waals surface area contributed by atoms with E-state index in [1.165, 1.54) is 38.5 Å². The van der Waals surface area contributed by atoms with E-state index < -0.39 is 86.7 Å². The van der Waals surface area contributed by atoms with Crippen LogP contribution >= 0.6 is 0 Å². The van der Waals surface area contributed by atoms with Gasteiger partial charge in [0, 0.05) is 13.0 Å². The zero-order valence-corrected chi connectivity index (χ0v) is 43.4. The van der Waals surface area contributed by atoms with Crippen LogP contribution in [0.25, 0.3) is 0 Å². The van der Waals surface area contributed by atoms with E-state index in [0.29, 0.717) is 13.0 Å². The number of ether oxygens (including phenoxy) is 6. The van der Waals surface area contributed by atoms with Gasteiger partial charge in [-0.25, -0.2) is 0 Å². The van der Waals surface area contributed by atoms with Crippen molar-refractivity contribution >= 4 is 5.97 Å². The molecular formula is C57H96O14. The first-order valence-corrected chi connectivity index (χ1v) is 27.2. The highest BCUT2D eigenvalue weighted by Crippen LogP contribution is 2.26. The van der Waals surface area contributed by atoms with Crippen LogP contribution in [0.15, 0.2) is 85.1 Å².